The molecule has 3 heteroatoms. The number of anilines is 1. The van der Waals surface area contributed by atoms with E-state index in [0.29, 0.717) is 5.69 Å². The van der Waals surface area contributed by atoms with Crippen molar-refractivity contribution in [3.05, 3.63) is 59.7 Å². The average molecular weight is 259 g/mol. The molecule has 0 amide bonds. The first kappa shape index (κ1) is 12.8. The van der Waals surface area contributed by atoms with Gasteiger partial charge in [-0.3, -0.25) is 4.21 Å². The summed E-state index contributed by atoms with van der Waals surface area (Å²) < 4.78 is 12.6. The summed E-state index contributed by atoms with van der Waals surface area (Å²) >= 11 is 0. The van der Waals surface area contributed by atoms with E-state index in [2.05, 4.69) is 0 Å². The third kappa shape index (κ3) is 2.62. The number of rotatable bonds is 3. The van der Waals surface area contributed by atoms with Crippen LogP contribution in [-0.4, -0.2) is 4.21 Å². The van der Waals surface area contributed by atoms with Crippen LogP contribution in [0.5, 0.6) is 0 Å². The average Bonchev–Trinajstić information content (AvgIpc) is 2.41. The second kappa shape index (κ2) is 5.36. The van der Waals surface area contributed by atoms with Crippen molar-refractivity contribution in [3.63, 3.8) is 0 Å². The summed E-state index contributed by atoms with van der Waals surface area (Å²) in [5.41, 5.74) is 8.53. The van der Waals surface area contributed by atoms with Crippen molar-refractivity contribution in [2.75, 3.05) is 5.73 Å². The zero-order valence-corrected chi connectivity index (χ0v) is 11.4. The third-order valence-corrected chi connectivity index (χ3v) is 4.81. The Bertz CT molecular complexity index is 566. The lowest BCUT2D eigenvalue weighted by atomic mass is 10.2. The molecule has 0 aromatic heterocycles. The molecule has 0 bridgehead atoms. The van der Waals surface area contributed by atoms with E-state index < -0.39 is 10.8 Å². The Morgan fingerprint density at radius 1 is 1.11 bits per heavy atom. The highest BCUT2D eigenvalue weighted by Gasteiger charge is 2.17. The van der Waals surface area contributed by atoms with Gasteiger partial charge in [-0.05, 0) is 37.1 Å². The standard InChI is InChI=1S/C15H17NOS/c1-11-8-9-14(16)10-15(11)18(17)12(2)13-6-4-3-5-7-13/h3-10,12H,16H2,1-2H3. The first-order valence-electron chi connectivity index (χ1n) is 5.91. The van der Waals surface area contributed by atoms with Crippen LogP contribution >= 0.6 is 0 Å². The van der Waals surface area contributed by atoms with Crippen molar-refractivity contribution in [1.82, 2.24) is 0 Å². The molecule has 2 aromatic rings. The van der Waals surface area contributed by atoms with Gasteiger partial charge in [0.25, 0.3) is 0 Å². The molecule has 0 aliphatic rings. The van der Waals surface area contributed by atoms with Crippen LogP contribution in [-0.2, 0) is 10.8 Å². The van der Waals surface area contributed by atoms with Gasteiger partial charge in [-0.2, -0.15) is 0 Å². The Labute approximate surface area is 110 Å². The summed E-state index contributed by atoms with van der Waals surface area (Å²) in [6.45, 7) is 3.94. The van der Waals surface area contributed by atoms with Crippen molar-refractivity contribution < 1.29 is 4.21 Å². The highest BCUT2D eigenvalue weighted by Crippen LogP contribution is 2.27. The molecule has 2 aromatic carbocycles. The van der Waals surface area contributed by atoms with Crippen LogP contribution in [0.3, 0.4) is 0 Å². The molecule has 0 heterocycles. The number of nitrogens with two attached hydrogens (primary N) is 1. The van der Waals surface area contributed by atoms with E-state index in [1.54, 1.807) is 0 Å². The van der Waals surface area contributed by atoms with Gasteiger partial charge in [0.05, 0.1) is 16.0 Å². The van der Waals surface area contributed by atoms with Gasteiger partial charge < -0.3 is 5.73 Å². The van der Waals surface area contributed by atoms with Crippen molar-refractivity contribution in [2.45, 2.75) is 24.0 Å². The van der Waals surface area contributed by atoms with Crippen molar-refractivity contribution in [1.29, 1.82) is 0 Å². The zero-order valence-electron chi connectivity index (χ0n) is 10.6. The Balaban J connectivity index is 2.34. The van der Waals surface area contributed by atoms with E-state index in [9.17, 15) is 4.21 Å². The lowest BCUT2D eigenvalue weighted by molar-refractivity contribution is 0.675. The molecule has 2 nitrogen and oxygen atoms in total. The van der Waals surface area contributed by atoms with E-state index in [1.807, 2.05) is 62.4 Å². The van der Waals surface area contributed by atoms with Gasteiger partial charge in [0.15, 0.2) is 0 Å². The molecule has 2 rings (SSSR count). The van der Waals surface area contributed by atoms with E-state index in [0.717, 1.165) is 16.0 Å². The molecule has 0 spiro atoms. The van der Waals surface area contributed by atoms with Gasteiger partial charge >= 0.3 is 0 Å². The Morgan fingerprint density at radius 3 is 2.44 bits per heavy atom. The number of benzene rings is 2. The molecule has 2 unspecified atom stereocenters. The van der Waals surface area contributed by atoms with E-state index in [-0.39, 0.29) is 5.25 Å². The van der Waals surface area contributed by atoms with Crippen LogP contribution in [0.4, 0.5) is 5.69 Å². The topological polar surface area (TPSA) is 43.1 Å². The molecular formula is C15H17NOS. The maximum Gasteiger partial charge on any atom is 0.0615 e. The van der Waals surface area contributed by atoms with E-state index >= 15 is 0 Å². The van der Waals surface area contributed by atoms with Crippen molar-refractivity contribution in [2.24, 2.45) is 0 Å². The Hall–Kier alpha value is -1.61. The number of hydrogen-bond donors (Lipinski definition) is 1. The number of aryl methyl sites for hydroxylation is 1. The third-order valence-electron chi connectivity index (χ3n) is 3.02. The second-order valence-electron chi connectivity index (χ2n) is 4.38. The fraction of sp³-hybridized carbons (Fsp3) is 0.200. The van der Waals surface area contributed by atoms with Crippen LogP contribution < -0.4 is 5.73 Å². The number of hydrogen-bond acceptors (Lipinski definition) is 2. The molecule has 2 N–H and O–H groups in total. The monoisotopic (exact) mass is 259 g/mol. The lowest BCUT2D eigenvalue weighted by Gasteiger charge is -2.14. The van der Waals surface area contributed by atoms with Crippen LogP contribution in [0, 0.1) is 6.92 Å². The summed E-state index contributed by atoms with van der Waals surface area (Å²) in [7, 11) is -1.08. The molecule has 2 atom stereocenters. The van der Waals surface area contributed by atoms with Crippen molar-refractivity contribution in [3.8, 4) is 0 Å². The molecule has 0 aliphatic carbocycles. The highest BCUT2D eigenvalue weighted by molar-refractivity contribution is 7.85. The quantitative estimate of drug-likeness (QED) is 0.858. The smallest absolute Gasteiger partial charge is 0.0615 e. The summed E-state index contributed by atoms with van der Waals surface area (Å²) in [5, 5.41) is -0.0355. The predicted octanol–water partition coefficient (Wildman–Crippen LogP) is 3.45. The number of nitrogen functional groups attached to an aromatic ring is 1. The fourth-order valence-corrected chi connectivity index (χ4v) is 3.29. The zero-order chi connectivity index (χ0) is 13.1. The highest BCUT2D eigenvalue weighted by atomic mass is 32.2. The maximum atomic E-state index is 12.6. The molecule has 0 radical (unpaired) electrons. The fourth-order valence-electron chi connectivity index (χ4n) is 1.87. The molecule has 94 valence electrons. The van der Waals surface area contributed by atoms with E-state index in [1.165, 1.54) is 0 Å². The Morgan fingerprint density at radius 2 is 1.78 bits per heavy atom. The molecule has 18 heavy (non-hydrogen) atoms. The van der Waals surface area contributed by atoms with Gasteiger partial charge in [-0.1, -0.05) is 36.4 Å². The summed E-state index contributed by atoms with van der Waals surface area (Å²) in [6.07, 6.45) is 0. The second-order valence-corrected chi connectivity index (χ2v) is 6.12. The Kier molecular flexibility index (Phi) is 3.82. The SMILES string of the molecule is Cc1ccc(N)cc1S(=O)C(C)c1ccccc1. The lowest BCUT2D eigenvalue weighted by Crippen LogP contribution is -2.05. The van der Waals surface area contributed by atoms with Crippen LogP contribution in [0.25, 0.3) is 0 Å². The minimum atomic E-state index is -1.08. The van der Waals surface area contributed by atoms with Gasteiger partial charge in [0.2, 0.25) is 0 Å². The first-order chi connectivity index (χ1) is 8.59. The summed E-state index contributed by atoms with van der Waals surface area (Å²) in [6, 6.07) is 15.5. The predicted molar refractivity (Wildman–Crippen MR) is 76.9 cm³/mol. The minimum Gasteiger partial charge on any atom is -0.399 e. The first-order valence-corrected chi connectivity index (χ1v) is 7.12. The summed E-state index contributed by atoms with van der Waals surface area (Å²) in [4.78, 5) is 0.825. The molecule has 0 saturated heterocycles. The van der Waals surface area contributed by atoms with Gasteiger partial charge in [-0.25, -0.2) is 0 Å². The van der Waals surface area contributed by atoms with Crippen LogP contribution in [0.2, 0.25) is 0 Å². The summed E-state index contributed by atoms with van der Waals surface area (Å²) in [5.74, 6) is 0. The van der Waals surface area contributed by atoms with Crippen LogP contribution in [0.15, 0.2) is 53.4 Å². The van der Waals surface area contributed by atoms with Gasteiger partial charge in [0.1, 0.15) is 0 Å². The van der Waals surface area contributed by atoms with E-state index in [4.69, 9.17) is 5.73 Å². The van der Waals surface area contributed by atoms with Crippen LogP contribution in [0.1, 0.15) is 23.3 Å². The largest absolute Gasteiger partial charge is 0.399 e. The molecule has 0 fully saturated rings. The van der Waals surface area contributed by atoms with Crippen molar-refractivity contribution >= 4 is 16.5 Å². The normalized spacial score (nSPS) is 14.1. The minimum absolute atomic E-state index is 0.0355. The van der Waals surface area contributed by atoms with Gasteiger partial charge in [0, 0.05) is 10.6 Å². The molecule has 0 aliphatic heterocycles. The molecular weight excluding hydrogens is 242 g/mol. The van der Waals surface area contributed by atoms with Gasteiger partial charge in [-0.15, -0.1) is 0 Å². The molecule has 0 saturated carbocycles. The maximum absolute atomic E-state index is 12.6.